The molecule has 0 spiro atoms. The van der Waals surface area contributed by atoms with Gasteiger partial charge >= 0.3 is 0 Å². The van der Waals surface area contributed by atoms with Crippen molar-refractivity contribution < 1.29 is 4.74 Å². The summed E-state index contributed by atoms with van der Waals surface area (Å²) in [5, 5.41) is 5.30. The summed E-state index contributed by atoms with van der Waals surface area (Å²) < 4.78 is 5.18. The van der Waals surface area contributed by atoms with Crippen molar-refractivity contribution in [1.29, 1.82) is 0 Å². The molecule has 86 valence electrons. The number of methoxy groups -OCH3 is 1. The zero-order chi connectivity index (χ0) is 10.9. The highest BCUT2D eigenvalue weighted by Crippen LogP contribution is 2.41. The van der Waals surface area contributed by atoms with Crippen LogP contribution in [0.5, 0.6) is 0 Å². The average Bonchev–Trinajstić information content (AvgIpc) is 2.88. The highest BCUT2D eigenvalue weighted by molar-refractivity contribution is 8.14. The van der Waals surface area contributed by atoms with Crippen molar-refractivity contribution in [2.45, 2.75) is 37.5 Å². The van der Waals surface area contributed by atoms with Crippen molar-refractivity contribution >= 4 is 16.9 Å². The highest BCUT2D eigenvalue weighted by atomic mass is 32.2. The number of amidine groups is 1. The summed E-state index contributed by atoms with van der Waals surface area (Å²) in [7, 11) is 1.74. The van der Waals surface area contributed by atoms with Crippen LogP contribution in [0.1, 0.15) is 26.7 Å². The molecule has 0 saturated heterocycles. The van der Waals surface area contributed by atoms with Gasteiger partial charge in [-0.3, -0.25) is 4.99 Å². The van der Waals surface area contributed by atoms with Crippen LogP contribution in [0.15, 0.2) is 4.99 Å². The van der Waals surface area contributed by atoms with E-state index in [0.29, 0.717) is 6.61 Å². The lowest BCUT2D eigenvalue weighted by Gasteiger charge is -2.26. The molecule has 0 aromatic heterocycles. The van der Waals surface area contributed by atoms with E-state index in [0.717, 1.165) is 22.9 Å². The minimum absolute atomic E-state index is 0.0149. The van der Waals surface area contributed by atoms with Gasteiger partial charge in [0, 0.05) is 12.4 Å². The molecule has 1 N–H and O–H groups in total. The molecule has 1 heterocycles. The Kier molecular flexibility index (Phi) is 3.26. The number of hydrogen-bond acceptors (Lipinski definition) is 4. The highest BCUT2D eigenvalue weighted by Gasteiger charge is 2.36. The van der Waals surface area contributed by atoms with Gasteiger partial charge in [0.1, 0.15) is 0 Å². The topological polar surface area (TPSA) is 33.6 Å². The molecule has 3 nitrogen and oxygen atoms in total. The van der Waals surface area contributed by atoms with Gasteiger partial charge in [-0.05, 0) is 32.6 Å². The predicted octanol–water partition coefficient (Wildman–Crippen LogP) is 1.88. The van der Waals surface area contributed by atoms with Gasteiger partial charge < -0.3 is 10.1 Å². The summed E-state index contributed by atoms with van der Waals surface area (Å²) in [5.74, 6) is 0.934. The number of rotatable bonds is 4. The molecule has 1 unspecified atom stereocenters. The van der Waals surface area contributed by atoms with Gasteiger partial charge in [-0.1, -0.05) is 11.8 Å². The molecule has 0 aromatic rings. The lowest BCUT2D eigenvalue weighted by Crippen LogP contribution is -2.45. The Bertz CT molecular complexity index is 261. The molecule has 1 atom stereocenters. The Morgan fingerprint density at radius 2 is 2.27 bits per heavy atom. The molecule has 1 aliphatic heterocycles. The second kappa shape index (κ2) is 4.34. The molecule has 0 aromatic carbocycles. The summed E-state index contributed by atoms with van der Waals surface area (Å²) in [6, 6.07) is 0. The van der Waals surface area contributed by atoms with Crippen LogP contribution in [0.4, 0.5) is 0 Å². The predicted molar refractivity (Wildman–Crippen MR) is 65.5 cm³/mol. The number of aliphatic imine (C=N–C) groups is 1. The summed E-state index contributed by atoms with van der Waals surface area (Å²) in [6.07, 6.45) is 2.81. The number of nitrogens with one attached hydrogen (secondary N) is 1. The van der Waals surface area contributed by atoms with Crippen LogP contribution in [0.25, 0.3) is 0 Å². The van der Waals surface area contributed by atoms with Crippen LogP contribution in [-0.2, 0) is 4.74 Å². The average molecular weight is 228 g/mol. The van der Waals surface area contributed by atoms with Gasteiger partial charge in [-0.2, -0.15) is 0 Å². The van der Waals surface area contributed by atoms with E-state index in [4.69, 9.17) is 4.74 Å². The van der Waals surface area contributed by atoms with E-state index in [-0.39, 0.29) is 5.54 Å². The van der Waals surface area contributed by atoms with Gasteiger partial charge in [0.05, 0.1) is 18.7 Å². The van der Waals surface area contributed by atoms with Crippen LogP contribution >= 0.6 is 11.8 Å². The largest absolute Gasteiger partial charge is 0.382 e. The normalized spacial score (nSPS) is 26.6. The molecule has 0 amide bonds. The van der Waals surface area contributed by atoms with Crippen molar-refractivity contribution in [1.82, 2.24) is 5.32 Å². The van der Waals surface area contributed by atoms with Gasteiger partial charge in [0.25, 0.3) is 0 Å². The number of hydrogen-bond donors (Lipinski definition) is 1. The van der Waals surface area contributed by atoms with Gasteiger partial charge in [0.2, 0.25) is 0 Å². The molecule has 0 radical (unpaired) electrons. The van der Waals surface area contributed by atoms with E-state index in [2.05, 4.69) is 24.2 Å². The number of thioether (sulfide) groups is 1. The summed E-state index contributed by atoms with van der Waals surface area (Å²) >= 11 is 1.92. The first-order valence-electron chi connectivity index (χ1n) is 5.59. The standard InChI is InChI=1S/C11H20N2OS/c1-11(2,7-14-3)13-10-12-6-9(15-10)8-4-5-8/h8-9H,4-7H2,1-3H3,(H,12,13). The van der Waals surface area contributed by atoms with Gasteiger partial charge in [0.15, 0.2) is 5.17 Å². The van der Waals surface area contributed by atoms with E-state index < -0.39 is 0 Å². The molecule has 2 aliphatic rings. The molecular weight excluding hydrogens is 208 g/mol. The monoisotopic (exact) mass is 228 g/mol. The van der Waals surface area contributed by atoms with Crippen LogP contribution in [0, 0.1) is 5.92 Å². The van der Waals surface area contributed by atoms with Crippen molar-refractivity contribution in [3.05, 3.63) is 0 Å². The molecule has 1 aliphatic carbocycles. The summed E-state index contributed by atoms with van der Waals surface area (Å²) in [5.41, 5.74) is -0.0149. The molecule has 4 heteroatoms. The Balaban J connectivity index is 1.80. The number of nitrogens with zero attached hydrogens (tertiary/aromatic N) is 1. The molecule has 15 heavy (non-hydrogen) atoms. The Hall–Kier alpha value is -0.220. The van der Waals surface area contributed by atoms with Crippen molar-refractivity contribution in [2.24, 2.45) is 10.9 Å². The third kappa shape index (κ3) is 3.11. The second-order valence-corrected chi connectivity index (χ2v) is 6.31. The fourth-order valence-corrected chi connectivity index (χ4v) is 3.24. The van der Waals surface area contributed by atoms with Gasteiger partial charge in [-0.15, -0.1) is 0 Å². The lowest BCUT2D eigenvalue weighted by atomic mass is 10.1. The maximum Gasteiger partial charge on any atom is 0.157 e. The van der Waals surface area contributed by atoms with Crippen LogP contribution < -0.4 is 5.32 Å². The van der Waals surface area contributed by atoms with E-state index in [9.17, 15) is 0 Å². The molecule has 0 bridgehead atoms. The van der Waals surface area contributed by atoms with E-state index >= 15 is 0 Å². The Morgan fingerprint density at radius 1 is 1.53 bits per heavy atom. The van der Waals surface area contributed by atoms with E-state index in [1.165, 1.54) is 12.8 Å². The minimum atomic E-state index is -0.0149. The minimum Gasteiger partial charge on any atom is -0.382 e. The second-order valence-electron chi connectivity index (χ2n) is 5.08. The van der Waals surface area contributed by atoms with Gasteiger partial charge in [-0.25, -0.2) is 0 Å². The van der Waals surface area contributed by atoms with E-state index in [1.54, 1.807) is 7.11 Å². The Morgan fingerprint density at radius 3 is 2.87 bits per heavy atom. The van der Waals surface area contributed by atoms with Crippen molar-refractivity contribution in [2.75, 3.05) is 20.3 Å². The zero-order valence-corrected chi connectivity index (χ0v) is 10.6. The molecule has 1 fully saturated rings. The van der Waals surface area contributed by atoms with Crippen LogP contribution in [-0.4, -0.2) is 36.2 Å². The third-order valence-electron chi connectivity index (χ3n) is 2.78. The van der Waals surface area contributed by atoms with E-state index in [1.807, 2.05) is 11.8 Å². The third-order valence-corrected chi connectivity index (χ3v) is 4.07. The summed E-state index contributed by atoms with van der Waals surface area (Å²) in [4.78, 5) is 4.56. The van der Waals surface area contributed by atoms with Crippen molar-refractivity contribution in [3.8, 4) is 0 Å². The Labute approximate surface area is 96.1 Å². The molecule has 1 saturated carbocycles. The number of ether oxygens (including phenoxy) is 1. The van der Waals surface area contributed by atoms with Crippen LogP contribution in [0.2, 0.25) is 0 Å². The first-order valence-corrected chi connectivity index (χ1v) is 6.47. The smallest absolute Gasteiger partial charge is 0.157 e. The first-order chi connectivity index (χ1) is 7.11. The first kappa shape index (κ1) is 11.3. The fraction of sp³-hybridized carbons (Fsp3) is 0.909. The fourth-order valence-electron chi connectivity index (χ4n) is 1.86. The molecular formula is C11H20N2OS. The van der Waals surface area contributed by atoms with Crippen LogP contribution in [0.3, 0.4) is 0 Å². The SMILES string of the molecule is COCC(C)(C)NC1=NCC(C2CC2)S1. The van der Waals surface area contributed by atoms with Crippen molar-refractivity contribution in [3.63, 3.8) is 0 Å². The maximum absolute atomic E-state index is 5.18. The summed E-state index contributed by atoms with van der Waals surface area (Å²) in [6.45, 7) is 6.00. The molecule has 2 rings (SSSR count). The quantitative estimate of drug-likeness (QED) is 0.797. The zero-order valence-electron chi connectivity index (χ0n) is 9.75. The lowest BCUT2D eigenvalue weighted by molar-refractivity contribution is 0.140. The maximum atomic E-state index is 5.18.